The van der Waals surface area contributed by atoms with Crippen molar-refractivity contribution >= 4 is 11.7 Å². The molecular formula is C18H22N4O3. The first kappa shape index (κ1) is 15.8. The highest BCUT2D eigenvalue weighted by Crippen LogP contribution is 2.35. The number of hydrogen-bond acceptors (Lipinski definition) is 4. The van der Waals surface area contributed by atoms with Gasteiger partial charge in [0.05, 0.1) is 24.7 Å². The van der Waals surface area contributed by atoms with E-state index in [1.807, 2.05) is 19.1 Å². The van der Waals surface area contributed by atoms with Gasteiger partial charge in [0.15, 0.2) is 0 Å². The molecule has 0 spiro atoms. The molecule has 2 aliphatic rings. The van der Waals surface area contributed by atoms with Crippen LogP contribution in [0.15, 0.2) is 18.3 Å². The number of hydrogen-bond donors (Lipinski definition) is 2. The molecule has 2 aromatic rings. The molecule has 3 heterocycles. The third-order valence-electron chi connectivity index (χ3n) is 4.77. The number of aromatic nitrogens is 2. The molecule has 0 saturated heterocycles. The number of carbonyl (C=O) groups excluding carboxylic acids is 1. The summed E-state index contributed by atoms with van der Waals surface area (Å²) in [6, 6.07) is 3.85. The third kappa shape index (κ3) is 2.90. The van der Waals surface area contributed by atoms with Crippen LogP contribution in [0, 0.1) is 0 Å². The molecule has 0 saturated carbocycles. The summed E-state index contributed by atoms with van der Waals surface area (Å²) in [7, 11) is 1.65. The highest BCUT2D eigenvalue weighted by Gasteiger charge is 2.25. The van der Waals surface area contributed by atoms with Gasteiger partial charge in [0.2, 0.25) is 0 Å². The number of methoxy groups -OCH3 is 1. The predicted octanol–water partition coefficient (Wildman–Crippen LogP) is 2.40. The fourth-order valence-electron chi connectivity index (χ4n) is 3.54. The van der Waals surface area contributed by atoms with Gasteiger partial charge in [-0.25, -0.2) is 4.79 Å². The number of carbonyl (C=O) groups is 1. The Hall–Kier alpha value is -2.70. The van der Waals surface area contributed by atoms with Crippen molar-refractivity contribution in [3.8, 4) is 11.5 Å². The molecule has 2 N–H and O–H groups in total. The van der Waals surface area contributed by atoms with E-state index in [1.165, 1.54) is 0 Å². The second-order valence-electron chi connectivity index (χ2n) is 6.55. The molecule has 0 fully saturated rings. The first-order chi connectivity index (χ1) is 12.2. The minimum Gasteiger partial charge on any atom is -0.496 e. The number of H-pyrrole nitrogens is 1. The van der Waals surface area contributed by atoms with Crippen LogP contribution in [0.1, 0.15) is 30.2 Å². The summed E-state index contributed by atoms with van der Waals surface area (Å²) in [4.78, 5) is 14.4. The Bertz CT molecular complexity index is 802. The Labute approximate surface area is 146 Å². The van der Waals surface area contributed by atoms with Crippen molar-refractivity contribution in [3.63, 3.8) is 0 Å². The van der Waals surface area contributed by atoms with Gasteiger partial charge in [-0.3, -0.25) is 10.00 Å². The van der Waals surface area contributed by atoms with Crippen molar-refractivity contribution in [3.05, 3.63) is 35.2 Å². The lowest BCUT2D eigenvalue weighted by atomic mass is 10.1. The summed E-state index contributed by atoms with van der Waals surface area (Å²) < 4.78 is 11.3. The first-order valence-electron chi connectivity index (χ1n) is 8.59. The number of rotatable bonds is 3. The lowest BCUT2D eigenvalue weighted by Crippen LogP contribution is -2.42. The first-order valence-corrected chi connectivity index (χ1v) is 8.59. The topological polar surface area (TPSA) is 79.5 Å². The normalized spacial score (nSPS) is 18.3. The fraction of sp³-hybridized carbons (Fsp3) is 0.444. The predicted molar refractivity (Wildman–Crippen MR) is 93.3 cm³/mol. The zero-order valence-corrected chi connectivity index (χ0v) is 14.5. The number of aryl methyl sites for hydroxylation is 1. The van der Waals surface area contributed by atoms with Crippen LogP contribution in [0.3, 0.4) is 0 Å². The van der Waals surface area contributed by atoms with E-state index < -0.39 is 0 Å². The van der Waals surface area contributed by atoms with E-state index >= 15 is 0 Å². The van der Waals surface area contributed by atoms with Crippen molar-refractivity contribution in [2.24, 2.45) is 0 Å². The fourth-order valence-corrected chi connectivity index (χ4v) is 3.54. The summed E-state index contributed by atoms with van der Waals surface area (Å²) in [5, 5.41) is 9.99. The number of anilines is 1. The van der Waals surface area contributed by atoms with E-state index in [4.69, 9.17) is 9.47 Å². The standard InChI is InChI=1S/C18H22N4O3/c1-11-6-12-7-16(24-2)13(8-17(12)25-11)9-19-18(23)22-5-3-4-14-15(22)10-20-21-14/h7-8,10-11H,3-6,9H2,1-2H3,(H,19,23)(H,20,21). The van der Waals surface area contributed by atoms with Crippen molar-refractivity contribution in [1.82, 2.24) is 15.5 Å². The number of urea groups is 1. The molecule has 1 atom stereocenters. The van der Waals surface area contributed by atoms with Crippen molar-refractivity contribution in [2.45, 2.75) is 38.8 Å². The van der Waals surface area contributed by atoms with Crippen molar-refractivity contribution in [1.29, 1.82) is 0 Å². The molecule has 2 aliphatic heterocycles. The van der Waals surface area contributed by atoms with Gasteiger partial charge in [-0.05, 0) is 31.9 Å². The quantitative estimate of drug-likeness (QED) is 0.898. The summed E-state index contributed by atoms with van der Waals surface area (Å²) in [6.07, 6.45) is 4.62. The summed E-state index contributed by atoms with van der Waals surface area (Å²) in [5.41, 5.74) is 3.94. The van der Waals surface area contributed by atoms with E-state index in [-0.39, 0.29) is 12.1 Å². The monoisotopic (exact) mass is 342 g/mol. The number of nitrogens with one attached hydrogen (secondary N) is 2. The number of aromatic amines is 1. The molecule has 7 heteroatoms. The molecule has 4 rings (SSSR count). The van der Waals surface area contributed by atoms with Gasteiger partial charge < -0.3 is 14.8 Å². The van der Waals surface area contributed by atoms with Crippen molar-refractivity contribution < 1.29 is 14.3 Å². The molecule has 0 bridgehead atoms. The minimum atomic E-state index is -0.126. The average molecular weight is 342 g/mol. The van der Waals surface area contributed by atoms with Crippen LogP contribution in [-0.4, -0.2) is 36.0 Å². The van der Waals surface area contributed by atoms with Gasteiger partial charge >= 0.3 is 6.03 Å². The van der Waals surface area contributed by atoms with Gasteiger partial charge in [-0.1, -0.05) is 0 Å². The lowest BCUT2D eigenvalue weighted by Gasteiger charge is -2.26. The second-order valence-corrected chi connectivity index (χ2v) is 6.55. The SMILES string of the molecule is COc1cc2c(cc1CNC(=O)N1CCCc3[nH]ncc31)OC(C)C2. The van der Waals surface area contributed by atoms with E-state index in [9.17, 15) is 4.79 Å². The van der Waals surface area contributed by atoms with Crippen LogP contribution in [0.4, 0.5) is 10.5 Å². The molecule has 1 unspecified atom stereocenters. The Balaban J connectivity index is 1.49. The summed E-state index contributed by atoms with van der Waals surface area (Å²) in [6.45, 7) is 3.13. The number of nitrogens with zero attached hydrogens (tertiary/aromatic N) is 2. The van der Waals surface area contributed by atoms with Crippen LogP contribution in [0.2, 0.25) is 0 Å². The number of benzene rings is 1. The molecule has 0 radical (unpaired) electrons. The number of ether oxygens (including phenoxy) is 2. The Morgan fingerprint density at radius 1 is 1.52 bits per heavy atom. The van der Waals surface area contributed by atoms with Crippen LogP contribution in [0.5, 0.6) is 11.5 Å². The van der Waals surface area contributed by atoms with E-state index in [0.29, 0.717) is 13.1 Å². The van der Waals surface area contributed by atoms with Crippen molar-refractivity contribution in [2.75, 3.05) is 18.6 Å². The van der Waals surface area contributed by atoms with Gasteiger partial charge in [0.1, 0.15) is 17.6 Å². The average Bonchev–Trinajstić information content (AvgIpc) is 3.23. The van der Waals surface area contributed by atoms with Crippen LogP contribution in [-0.2, 0) is 19.4 Å². The Morgan fingerprint density at radius 3 is 3.24 bits per heavy atom. The maximum atomic E-state index is 12.6. The number of amides is 2. The van der Waals surface area contributed by atoms with Gasteiger partial charge in [0.25, 0.3) is 0 Å². The highest BCUT2D eigenvalue weighted by atomic mass is 16.5. The third-order valence-corrected chi connectivity index (χ3v) is 4.77. The van der Waals surface area contributed by atoms with Crippen LogP contribution in [0.25, 0.3) is 0 Å². The smallest absolute Gasteiger partial charge is 0.322 e. The molecular weight excluding hydrogens is 320 g/mol. The van der Waals surface area contributed by atoms with Crippen LogP contribution >= 0.6 is 0 Å². The molecule has 2 amide bonds. The molecule has 1 aromatic carbocycles. The minimum absolute atomic E-state index is 0.126. The highest BCUT2D eigenvalue weighted by molar-refractivity contribution is 5.92. The van der Waals surface area contributed by atoms with E-state index in [2.05, 4.69) is 15.5 Å². The molecule has 1 aromatic heterocycles. The second kappa shape index (κ2) is 6.31. The largest absolute Gasteiger partial charge is 0.496 e. The molecule has 0 aliphatic carbocycles. The van der Waals surface area contributed by atoms with Gasteiger partial charge in [-0.2, -0.15) is 5.10 Å². The molecule has 7 nitrogen and oxygen atoms in total. The molecule has 25 heavy (non-hydrogen) atoms. The zero-order chi connectivity index (χ0) is 17.4. The van der Waals surface area contributed by atoms with Gasteiger partial charge in [0, 0.05) is 30.6 Å². The van der Waals surface area contributed by atoms with E-state index in [1.54, 1.807) is 18.2 Å². The molecule has 132 valence electrons. The van der Waals surface area contributed by atoms with Gasteiger partial charge in [-0.15, -0.1) is 0 Å². The maximum absolute atomic E-state index is 12.6. The number of fused-ring (bicyclic) bond motifs is 2. The zero-order valence-electron chi connectivity index (χ0n) is 14.5. The lowest BCUT2D eigenvalue weighted by molar-refractivity contribution is 0.245. The Kier molecular flexibility index (Phi) is 3.99. The summed E-state index contributed by atoms with van der Waals surface area (Å²) in [5.74, 6) is 1.66. The van der Waals surface area contributed by atoms with Crippen LogP contribution < -0.4 is 19.7 Å². The summed E-state index contributed by atoms with van der Waals surface area (Å²) >= 11 is 0. The maximum Gasteiger partial charge on any atom is 0.322 e. The Morgan fingerprint density at radius 2 is 2.40 bits per heavy atom. The van der Waals surface area contributed by atoms with E-state index in [0.717, 1.165) is 53.3 Å².